The predicted octanol–water partition coefficient (Wildman–Crippen LogP) is 12.7. The fraction of sp³-hybridized carbons (Fsp3) is 0.200. The van der Waals surface area contributed by atoms with Crippen LogP contribution in [0.3, 0.4) is 0 Å². The minimum atomic E-state index is -0.197. The van der Waals surface area contributed by atoms with Crippen molar-refractivity contribution in [2.45, 2.75) is 60.3 Å². The molecule has 0 N–H and O–H groups in total. The van der Waals surface area contributed by atoms with Crippen LogP contribution in [0.15, 0.2) is 157 Å². The Bertz CT molecular complexity index is 1960. The third kappa shape index (κ3) is 6.33. The van der Waals surface area contributed by atoms with Crippen molar-refractivity contribution in [3.05, 3.63) is 179 Å². The van der Waals surface area contributed by atoms with Gasteiger partial charge in [-0.2, -0.15) is 0 Å². The van der Waals surface area contributed by atoms with Gasteiger partial charge in [0.15, 0.2) is 0 Å². The van der Waals surface area contributed by atoms with Crippen LogP contribution in [0, 0.1) is 13.8 Å². The average Bonchev–Trinajstić information content (AvgIpc) is 3.12. The summed E-state index contributed by atoms with van der Waals surface area (Å²) in [5.41, 5.74) is 17.0. The van der Waals surface area contributed by atoms with Gasteiger partial charge in [-0.3, -0.25) is 0 Å². The minimum absolute atomic E-state index is 0.197. The SMILES string of the molecule is C=C/C=C(\C=C(C)C)N(C1=CCC=CC(C)=C1)c1ccc2c(c1)C(C)(C)c1cc(N(c3cccc(C)c3)c3cccc(C)c3)ccc1-2. The molecule has 0 heterocycles. The lowest BCUT2D eigenvalue weighted by Gasteiger charge is -2.30. The number of aryl methyl sites for hydroxylation is 2. The molecule has 2 aliphatic rings. The lowest BCUT2D eigenvalue weighted by atomic mass is 9.82. The molecule has 4 aromatic carbocycles. The number of hydrogen-bond acceptors (Lipinski definition) is 2. The highest BCUT2D eigenvalue weighted by Gasteiger charge is 2.37. The van der Waals surface area contributed by atoms with Crippen molar-refractivity contribution in [1.29, 1.82) is 0 Å². The lowest BCUT2D eigenvalue weighted by molar-refractivity contribution is 0.660. The van der Waals surface area contributed by atoms with Gasteiger partial charge in [-0.05, 0) is 147 Å². The number of benzene rings is 4. The number of allylic oxidation sites excluding steroid dienone is 9. The molecule has 0 saturated carbocycles. The maximum atomic E-state index is 4.06. The first-order valence-electron chi connectivity index (χ1n) is 16.6. The Kier molecular flexibility index (Phi) is 8.80. The molecular formula is C45H46N2. The summed E-state index contributed by atoms with van der Waals surface area (Å²) in [7, 11) is 0. The number of nitrogens with zero attached hydrogens (tertiary/aromatic N) is 2. The molecule has 0 fully saturated rings. The smallest absolute Gasteiger partial charge is 0.0465 e. The van der Waals surface area contributed by atoms with E-state index in [1.54, 1.807) is 0 Å². The van der Waals surface area contributed by atoms with Gasteiger partial charge < -0.3 is 9.80 Å². The Morgan fingerprint density at radius 2 is 1.32 bits per heavy atom. The lowest BCUT2D eigenvalue weighted by Crippen LogP contribution is -2.22. The number of rotatable bonds is 8. The number of fused-ring (bicyclic) bond motifs is 3. The van der Waals surface area contributed by atoms with E-state index in [1.807, 2.05) is 6.08 Å². The number of hydrogen-bond donors (Lipinski definition) is 0. The Balaban J connectivity index is 1.49. The molecule has 0 radical (unpaired) electrons. The summed E-state index contributed by atoms with van der Waals surface area (Å²) < 4.78 is 0. The molecule has 0 bridgehead atoms. The Hall–Kier alpha value is -5.08. The van der Waals surface area contributed by atoms with Gasteiger partial charge in [0.1, 0.15) is 0 Å². The molecular weight excluding hydrogens is 569 g/mol. The van der Waals surface area contributed by atoms with E-state index in [2.05, 4.69) is 186 Å². The Morgan fingerprint density at radius 1 is 0.745 bits per heavy atom. The van der Waals surface area contributed by atoms with Gasteiger partial charge in [-0.15, -0.1) is 0 Å². The van der Waals surface area contributed by atoms with E-state index in [4.69, 9.17) is 0 Å². The Morgan fingerprint density at radius 3 is 1.89 bits per heavy atom. The van der Waals surface area contributed by atoms with Crippen LogP contribution in [0.2, 0.25) is 0 Å². The molecule has 0 atom stereocenters. The van der Waals surface area contributed by atoms with Crippen LogP contribution in [-0.4, -0.2) is 0 Å². The zero-order valence-electron chi connectivity index (χ0n) is 28.9. The van der Waals surface area contributed by atoms with Crippen LogP contribution in [0.4, 0.5) is 22.7 Å². The van der Waals surface area contributed by atoms with Crippen LogP contribution in [0.1, 0.15) is 63.3 Å². The van der Waals surface area contributed by atoms with E-state index in [1.165, 1.54) is 55.9 Å². The highest BCUT2D eigenvalue weighted by atomic mass is 15.2. The van der Waals surface area contributed by atoms with Crippen LogP contribution < -0.4 is 9.80 Å². The molecule has 0 saturated heterocycles. The Labute approximate surface area is 282 Å². The average molecular weight is 615 g/mol. The topological polar surface area (TPSA) is 6.48 Å². The summed E-state index contributed by atoms with van der Waals surface area (Å²) >= 11 is 0. The first kappa shape index (κ1) is 31.9. The van der Waals surface area contributed by atoms with Crippen molar-refractivity contribution in [2.24, 2.45) is 0 Å². The largest absolute Gasteiger partial charge is 0.311 e. The molecule has 0 unspecified atom stereocenters. The predicted molar refractivity (Wildman–Crippen MR) is 204 cm³/mol. The quantitative estimate of drug-likeness (QED) is 0.182. The second kappa shape index (κ2) is 13.0. The van der Waals surface area contributed by atoms with Crippen molar-refractivity contribution in [3.8, 4) is 11.1 Å². The maximum absolute atomic E-state index is 4.06. The van der Waals surface area contributed by atoms with E-state index in [-0.39, 0.29) is 5.41 Å². The summed E-state index contributed by atoms with van der Waals surface area (Å²) in [6.45, 7) is 19.6. The van der Waals surface area contributed by atoms with Crippen LogP contribution in [0.5, 0.6) is 0 Å². The van der Waals surface area contributed by atoms with Crippen molar-refractivity contribution in [2.75, 3.05) is 9.80 Å². The molecule has 47 heavy (non-hydrogen) atoms. The first-order chi connectivity index (χ1) is 22.6. The van der Waals surface area contributed by atoms with Crippen molar-refractivity contribution in [3.63, 3.8) is 0 Å². The summed E-state index contributed by atoms with van der Waals surface area (Å²) in [5, 5.41) is 0. The molecule has 6 rings (SSSR count). The second-order valence-corrected chi connectivity index (χ2v) is 13.6. The van der Waals surface area contributed by atoms with E-state index in [0.717, 1.165) is 29.2 Å². The molecule has 0 aromatic heterocycles. The summed E-state index contributed by atoms with van der Waals surface area (Å²) in [6.07, 6.45) is 16.2. The molecule has 2 nitrogen and oxygen atoms in total. The van der Waals surface area contributed by atoms with Gasteiger partial charge in [0.25, 0.3) is 0 Å². The van der Waals surface area contributed by atoms with Gasteiger partial charge in [0.2, 0.25) is 0 Å². The van der Waals surface area contributed by atoms with E-state index in [9.17, 15) is 0 Å². The van der Waals surface area contributed by atoms with Gasteiger partial charge in [0, 0.05) is 39.6 Å². The van der Waals surface area contributed by atoms with Crippen molar-refractivity contribution >= 4 is 22.7 Å². The maximum Gasteiger partial charge on any atom is 0.0465 e. The molecule has 0 amide bonds. The normalized spacial score (nSPS) is 14.7. The number of anilines is 4. The van der Waals surface area contributed by atoms with Crippen molar-refractivity contribution in [1.82, 2.24) is 0 Å². The molecule has 0 aliphatic heterocycles. The highest BCUT2D eigenvalue weighted by Crippen LogP contribution is 2.52. The van der Waals surface area contributed by atoms with Gasteiger partial charge in [-0.1, -0.05) is 86.7 Å². The third-order valence-electron chi connectivity index (χ3n) is 9.14. The second-order valence-electron chi connectivity index (χ2n) is 13.6. The van der Waals surface area contributed by atoms with Crippen LogP contribution in [-0.2, 0) is 5.41 Å². The fourth-order valence-electron chi connectivity index (χ4n) is 6.96. The van der Waals surface area contributed by atoms with Gasteiger partial charge in [0.05, 0.1) is 0 Å². The fourth-order valence-corrected chi connectivity index (χ4v) is 6.96. The summed E-state index contributed by atoms with van der Waals surface area (Å²) in [6, 6.07) is 31.6. The van der Waals surface area contributed by atoms with Crippen LogP contribution in [0.25, 0.3) is 11.1 Å². The molecule has 236 valence electrons. The summed E-state index contributed by atoms with van der Waals surface area (Å²) in [5.74, 6) is 0. The highest BCUT2D eigenvalue weighted by molar-refractivity contribution is 5.87. The van der Waals surface area contributed by atoms with E-state index in [0.29, 0.717) is 0 Å². The van der Waals surface area contributed by atoms with E-state index < -0.39 is 0 Å². The van der Waals surface area contributed by atoms with Crippen molar-refractivity contribution < 1.29 is 0 Å². The van der Waals surface area contributed by atoms with Gasteiger partial charge >= 0.3 is 0 Å². The standard InChI is InChI=1S/C45H46N2/c1-9-14-35(25-31(2)3)46(36-18-11-10-15-32(4)26-36)39-21-23-41-42-24-22-40(30-44(42)45(7,8)43(41)29-39)47(37-19-12-16-33(5)27-37)38-20-13-17-34(6)28-38/h9-10,12-30H,1,11H2,2-8H3/b35-14+. The molecule has 2 heteroatoms. The molecule has 4 aromatic rings. The zero-order chi connectivity index (χ0) is 33.3. The van der Waals surface area contributed by atoms with E-state index >= 15 is 0 Å². The molecule has 2 aliphatic carbocycles. The van der Waals surface area contributed by atoms with Gasteiger partial charge in [-0.25, -0.2) is 0 Å². The van der Waals surface area contributed by atoms with Crippen LogP contribution >= 0.6 is 0 Å². The monoisotopic (exact) mass is 614 g/mol. The first-order valence-corrected chi connectivity index (χ1v) is 16.6. The minimum Gasteiger partial charge on any atom is -0.311 e. The summed E-state index contributed by atoms with van der Waals surface area (Å²) in [4.78, 5) is 4.77. The zero-order valence-corrected chi connectivity index (χ0v) is 28.9. The third-order valence-corrected chi connectivity index (χ3v) is 9.14. The molecule has 0 spiro atoms.